The number of carbonyl (C=O) groups is 2. The second kappa shape index (κ2) is 11.1. The van der Waals surface area contributed by atoms with E-state index >= 15 is 0 Å². The fraction of sp³-hybridized carbons (Fsp3) is 0.579. The number of piperidine rings is 1. The van der Waals surface area contributed by atoms with Crippen LogP contribution in [0.3, 0.4) is 0 Å². The van der Waals surface area contributed by atoms with Crippen molar-refractivity contribution in [3.8, 4) is 5.75 Å². The number of likely N-dealkylation sites (tertiary alicyclic amines) is 1. The second-order valence-corrected chi connectivity index (χ2v) is 6.41. The Morgan fingerprint density at radius 2 is 1.96 bits per heavy atom. The smallest absolute Gasteiger partial charge is 0.222 e. The zero-order chi connectivity index (χ0) is 17.4. The molecule has 0 aromatic heterocycles. The Morgan fingerprint density at radius 3 is 2.60 bits per heavy atom. The van der Waals surface area contributed by atoms with Crippen LogP contribution >= 0.6 is 12.4 Å². The van der Waals surface area contributed by atoms with Gasteiger partial charge in [0.05, 0.1) is 7.11 Å². The van der Waals surface area contributed by atoms with Crippen LogP contribution in [0.2, 0.25) is 0 Å². The maximum atomic E-state index is 12.3. The molecule has 1 aromatic rings. The molecule has 0 saturated carbocycles. The van der Waals surface area contributed by atoms with Crippen LogP contribution in [0.5, 0.6) is 5.75 Å². The Kier molecular flexibility index (Phi) is 9.53. The number of methoxy groups -OCH3 is 1. The maximum Gasteiger partial charge on any atom is 0.222 e. The number of ketones is 1. The van der Waals surface area contributed by atoms with Crippen molar-refractivity contribution in [2.75, 3.05) is 33.8 Å². The van der Waals surface area contributed by atoms with Crippen molar-refractivity contribution < 1.29 is 14.3 Å². The molecule has 1 saturated heterocycles. The number of nitrogens with one attached hydrogen (secondary N) is 1. The average Bonchev–Trinajstić information content (AvgIpc) is 2.62. The molecule has 1 unspecified atom stereocenters. The minimum absolute atomic E-state index is 0. The van der Waals surface area contributed by atoms with Crippen molar-refractivity contribution in [1.29, 1.82) is 0 Å². The van der Waals surface area contributed by atoms with Crippen LogP contribution in [0.1, 0.15) is 42.5 Å². The molecule has 0 aliphatic carbocycles. The van der Waals surface area contributed by atoms with E-state index in [1.54, 1.807) is 31.4 Å². The highest BCUT2D eigenvalue weighted by Crippen LogP contribution is 2.18. The quantitative estimate of drug-likeness (QED) is 0.717. The van der Waals surface area contributed by atoms with Gasteiger partial charge in [-0.05, 0) is 63.0 Å². The molecule has 2 rings (SSSR count). The summed E-state index contributed by atoms with van der Waals surface area (Å²) in [5, 5.41) is 3.19. The molecule has 1 aliphatic heterocycles. The van der Waals surface area contributed by atoms with Gasteiger partial charge in [0.15, 0.2) is 5.78 Å². The number of hydrogen-bond donors (Lipinski definition) is 1. The van der Waals surface area contributed by atoms with Crippen molar-refractivity contribution in [2.45, 2.75) is 32.1 Å². The van der Waals surface area contributed by atoms with Crippen LogP contribution < -0.4 is 10.1 Å². The lowest BCUT2D eigenvalue weighted by Crippen LogP contribution is -2.42. The summed E-state index contributed by atoms with van der Waals surface area (Å²) in [7, 11) is 3.55. The second-order valence-electron chi connectivity index (χ2n) is 6.41. The zero-order valence-corrected chi connectivity index (χ0v) is 15.9. The van der Waals surface area contributed by atoms with Crippen LogP contribution in [0.4, 0.5) is 0 Å². The lowest BCUT2D eigenvalue weighted by molar-refractivity contribution is -0.133. The van der Waals surface area contributed by atoms with Crippen LogP contribution in [0.25, 0.3) is 0 Å². The molecule has 0 bridgehead atoms. The Labute approximate surface area is 156 Å². The molecule has 1 aliphatic rings. The Balaban J connectivity index is 0.00000312. The maximum absolute atomic E-state index is 12.3. The van der Waals surface area contributed by atoms with Crippen molar-refractivity contribution in [2.24, 2.45) is 5.92 Å². The number of ether oxygens (including phenoxy) is 1. The number of amides is 1. The summed E-state index contributed by atoms with van der Waals surface area (Å²) in [5.41, 5.74) is 0.676. The zero-order valence-electron chi connectivity index (χ0n) is 15.1. The van der Waals surface area contributed by atoms with Crippen molar-refractivity contribution >= 4 is 24.1 Å². The molecule has 5 nitrogen and oxygen atoms in total. The summed E-state index contributed by atoms with van der Waals surface area (Å²) < 4.78 is 5.09. The summed E-state index contributed by atoms with van der Waals surface area (Å²) in [4.78, 5) is 26.5. The molecule has 0 spiro atoms. The third-order valence-electron chi connectivity index (χ3n) is 4.57. The van der Waals surface area contributed by atoms with Gasteiger partial charge in [0.25, 0.3) is 0 Å². The molecule has 1 N–H and O–H groups in total. The highest BCUT2D eigenvalue weighted by Gasteiger charge is 2.22. The van der Waals surface area contributed by atoms with Gasteiger partial charge in [0.2, 0.25) is 5.91 Å². The molecular weight excluding hydrogens is 340 g/mol. The molecular formula is C19H29ClN2O3. The first-order valence-electron chi connectivity index (χ1n) is 8.73. The Bertz CT molecular complexity index is 546. The molecule has 140 valence electrons. The summed E-state index contributed by atoms with van der Waals surface area (Å²) >= 11 is 0. The van der Waals surface area contributed by atoms with Gasteiger partial charge in [-0.2, -0.15) is 0 Å². The van der Waals surface area contributed by atoms with Crippen LogP contribution in [-0.2, 0) is 4.79 Å². The SMILES string of the molecule is CNCC1CCCN(C(=O)CCCC(=O)c2ccc(OC)cc2)C1.Cl. The first kappa shape index (κ1) is 21.5. The molecule has 0 radical (unpaired) electrons. The van der Waals surface area contributed by atoms with E-state index in [-0.39, 0.29) is 24.1 Å². The van der Waals surface area contributed by atoms with E-state index in [9.17, 15) is 9.59 Å². The van der Waals surface area contributed by atoms with Crippen LogP contribution in [-0.4, -0.2) is 50.4 Å². The number of nitrogens with zero attached hydrogens (tertiary/aromatic N) is 1. The van der Waals surface area contributed by atoms with Crippen molar-refractivity contribution in [3.05, 3.63) is 29.8 Å². The van der Waals surface area contributed by atoms with Gasteiger partial charge >= 0.3 is 0 Å². The molecule has 25 heavy (non-hydrogen) atoms. The normalized spacial score (nSPS) is 16.9. The van der Waals surface area contributed by atoms with Gasteiger partial charge in [-0.15, -0.1) is 12.4 Å². The third-order valence-corrected chi connectivity index (χ3v) is 4.57. The molecule has 1 heterocycles. The standard InChI is InChI=1S/C19H28N2O3.ClH/c1-20-13-15-5-4-12-21(14-15)19(23)7-3-6-18(22)16-8-10-17(24-2)11-9-16;/h8-11,15,20H,3-7,12-14H2,1-2H3;1H. The van der Waals surface area contributed by atoms with Crippen LogP contribution in [0, 0.1) is 5.92 Å². The summed E-state index contributed by atoms with van der Waals surface area (Å²) in [6, 6.07) is 7.12. The fourth-order valence-electron chi connectivity index (χ4n) is 3.23. The highest BCUT2D eigenvalue weighted by atomic mass is 35.5. The van der Waals surface area contributed by atoms with Crippen molar-refractivity contribution in [1.82, 2.24) is 10.2 Å². The summed E-state index contributed by atoms with van der Waals surface area (Å²) in [6.07, 6.45) is 3.72. The van der Waals surface area contributed by atoms with E-state index in [2.05, 4.69) is 5.32 Å². The molecule has 1 fully saturated rings. The summed E-state index contributed by atoms with van der Waals surface area (Å²) in [5.74, 6) is 1.55. The Hall–Kier alpha value is -1.59. The fourth-order valence-corrected chi connectivity index (χ4v) is 3.23. The van der Waals surface area contributed by atoms with E-state index in [1.165, 1.54) is 6.42 Å². The number of rotatable bonds is 8. The van der Waals surface area contributed by atoms with E-state index in [4.69, 9.17) is 4.74 Å². The lowest BCUT2D eigenvalue weighted by atomic mass is 9.97. The minimum atomic E-state index is 0. The predicted molar refractivity (Wildman–Crippen MR) is 102 cm³/mol. The lowest BCUT2D eigenvalue weighted by Gasteiger charge is -2.32. The van der Waals surface area contributed by atoms with E-state index in [0.29, 0.717) is 30.7 Å². The number of carbonyl (C=O) groups excluding carboxylic acids is 2. The van der Waals surface area contributed by atoms with E-state index < -0.39 is 0 Å². The largest absolute Gasteiger partial charge is 0.497 e. The minimum Gasteiger partial charge on any atom is -0.497 e. The van der Waals surface area contributed by atoms with Gasteiger partial charge in [-0.25, -0.2) is 0 Å². The summed E-state index contributed by atoms with van der Waals surface area (Å²) in [6.45, 7) is 2.65. The number of benzene rings is 1. The van der Waals surface area contributed by atoms with Gasteiger partial charge in [0.1, 0.15) is 5.75 Å². The molecule has 6 heteroatoms. The molecule has 1 aromatic carbocycles. The van der Waals surface area contributed by atoms with Gasteiger partial charge < -0.3 is 15.0 Å². The van der Waals surface area contributed by atoms with Crippen molar-refractivity contribution in [3.63, 3.8) is 0 Å². The predicted octanol–water partition coefficient (Wildman–Crippen LogP) is 2.93. The highest BCUT2D eigenvalue weighted by molar-refractivity contribution is 5.96. The van der Waals surface area contributed by atoms with E-state index in [1.807, 2.05) is 11.9 Å². The first-order valence-corrected chi connectivity index (χ1v) is 8.73. The van der Waals surface area contributed by atoms with Gasteiger partial charge in [0, 0.05) is 31.5 Å². The number of Topliss-reactive ketones (excluding diaryl/α,β-unsaturated/α-hetero) is 1. The monoisotopic (exact) mass is 368 g/mol. The van der Waals surface area contributed by atoms with Crippen LogP contribution in [0.15, 0.2) is 24.3 Å². The molecule has 1 atom stereocenters. The third kappa shape index (κ3) is 6.67. The Morgan fingerprint density at radius 1 is 1.24 bits per heavy atom. The van der Waals surface area contributed by atoms with Gasteiger partial charge in [-0.3, -0.25) is 9.59 Å². The van der Waals surface area contributed by atoms with Gasteiger partial charge in [-0.1, -0.05) is 0 Å². The topological polar surface area (TPSA) is 58.6 Å². The van der Waals surface area contributed by atoms with E-state index in [0.717, 1.165) is 31.8 Å². The first-order chi connectivity index (χ1) is 11.6. The number of halogens is 1. The number of hydrogen-bond acceptors (Lipinski definition) is 4. The average molecular weight is 369 g/mol. The molecule has 1 amide bonds.